The van der Waals surface area contributed by atoms with Gasteiger partial charge in [0.25, 0.3) is 0 Å². The second kappa shape index (κ2) is 7.51. The van der Waals surface area contributed by atoms with Crippen molar-refractivity contribution < 1.29 is 9.84 Å². The van der Waals surface area contributed by atoms with Gasteiger partial charge in [0.15, 0.2) is 0 Å². The van der Waals surface area contributed by atoms with Crippen LogP contribution in [0.1, 0.15) is 37.7 Å². The molecule has 3 nitrogen and oxygen atoms in total. The average Bonchev–Trinajstić information content (AvgIpc) is 2.91. The van der Waals surface area contributed by atoms with E-state index in [1.165, 1.54) is 25.7 Å². The molecule has 1 aromatic rings. The molecule has 1 atom stereocenters. The molecule has 1 fully saturated rings. The highest BCUT2D eigenvalue weighted by Crippen LogP contribution is 2.28. The Labute approximate surface area is 116 Å². The van der Waals surface area contributed by atoms with E-state index in [-0.39, 0.29) is 6.10 Å². The third kappa shape index (κ3) is 4.51. The van der Waals surface area contributed by atoms with Crippen molar-refractivity contribution in [3.63, 3.8) is 0 Å². The Morgan fingerprint density at radius 3 is 2.79 bits per heavy atom. The quantitative estimate of drug-likeness (QED) is 0.795. The molecule has 0 heterocycles. The van der Waals surface area contributed by atoms with Gasteiger partial charge >= 0.3 is 0 Å². The van der Waals surface area contributed by atoms with Crippen molar-refractivity contribution in [2.24, 2.45) is 5.92 Å². The summed E-state index contributed by atoms with van der Waals surface area (Å²) in [4.78, 5) is 0. The number of hydrogen-bond donors (Lipinski definition) is 2. The molecule has 0 saturated heterocycles. The van der Waals surface area contributed by atoms with Gasteiger partial charge < -0.3 is 15.2 Å². The van der Waals surface area contributed by atoms with E-state index >= 15 is 0 Å². The highest BCUT2D eigenvalue weighted by molar-refractivity contribution is 5.33. The number of nitrogens with one attached hydrogen (secondary N) is 1. The molecule has 1 aliphatic rings. The smallest absolute Gasteiger partial charge is 0.123 e. The zero-order chi connectivity index (χ0) is 13.5. The number of aliphatic hydroxyl groups is 1. The number of rotatable bonds is 7. The Morgan fingerprint density at radius 1 is 1.32 bits per heavy atom. The SMILES string of the molecule is CNCc1ccccc1OCC(O)CC1CCCC1. The molecular weight excluding hydrogens is 238 g/mol. The van der Waals surface area contributed by atoms with Crippen LogP contribution in [0, 0.1) is 5.92 Å². The van der Waals surface area contributed by atoms with Gasteiger partial charge in [0.1, 0.15) is 12.4 Å². The van der Waals surface area contributed by atoms with Crippen LogP contribution in [0.5, 0.6) is 5.75 Å². The zero-order valence-corrected chi connectivity index (χ0v) is 11.8. The van der Waals surface area contributed by atoms with Crippen LogP contribution in [0.4, 0.5) is 0 Å². The largest absolute Gasteiger partial charge is 0.491 e. The van der Waals surface area contributed by atoms with E-state index in [1.807, 2.05) is 25.2 Å². The maximum atomic E-state index is 10.1. The van der Waals surface area contributed by atoms with Gasteiger partial charge in [-0.15, -0.1) is 0 Å². The maximum absolute atomic E-state index is 10.1. The summed E-state index contributed by atoms with van der Waals surface area (Å²) in [6.07, 6.45) is 5.73. The molecule has 0 spiro atoms. The molecule has 19 heavy (non-hydrogen) atoms. The minimum atomic E-state index is -0.342. The van der Waals surface area contributed by atoms with Gasteiger partial charge in [0.2, 0.25) is 0 Å². The van der Waals surface area contributed by atoms with Crippen molar-refractivity contribution >= 4 is 0 Å². The van der Waals surface area contributed by atoms with Crippen molar-refractivity contribution in [3.8, 4) is 5.75 Å². The fourth-order valence-corrected chi connectivity index (χ4v) is 2.87. The summed E-state index contributed by atoms with van der Waals surface area (Å²) in [7, 11) is 1.92. The first-order valence-corrected chi connectivity index (χ1v) is 7.33. The molecule has 0 bridgehead atoms. The molecular formula is C16H25NO2. The molecule has 3 heteroatoms. The second-order valence-corrected chi connectivity index (χ2v) is 5.49. The molecule has 2 N–H and O–H groups in total. The number of hydrogen-bond acceptors (Lipinski definition) is 3. The van der Waals surface area contributed by atoms with E-state index in [0.29, 0.717) is 12.5 Å². The van der Waals surface area contributed by atoms with Crippen LogP contribution in [0.25, 0.3) is 0 Å². The third-order valence-electron chi connectivity index (χ3n) is 3.85. The normalized spacial score (nSPS) is 17.6. The van der Waals surface area contributed by atoms with Crippen LogP contribution >= 0.6 is 0 Å². The highest BCUT2D eigenvalue weighted by atomic mass is 16.5. The Kier molecular flexibility index (Phi) is 5.67. The monoisotopic (exact) mass is 263 g/mol. The Balaban J connectivity index is 1.80. The molecule has 1 unspecified atom stereocenters. The lowest BCUT2D eigenvalue weighted by Gasteiger charge is -2.17. The van der Waals surface area contributed by atoms with Crippen molar-refractivity contribution in [2.45, 2.75) is 44.8 Å². The van der Waals surface area contributed by atoms with Crippen LogP contribution < -0.4 is 10.1 Å². The fourth-order valence-electron chi connectivity index (χ4n) is 2.87. The minimum absolute atomic E-state index is 0.342. The van der Waals surface area contributed by atoms with Crippen LogP contribution in [0.15, 0.2) is 24.3 Å². The lowest BCUT2D eigenvalue weighted by atomic mass is 10.0. The molecule has 0 amide bonds. The van der Waals surface area contributed by atoms with E-state index in [1.54, 1.807) is 0 Å². The molecule has 1 saturated carbocycles. The summed E-state index contributed by atoms with van der Waals surface area (Å²) in [5.74, 6) is 1.58. The summed E-state index contributed by atoms with van der Waals surface area (Å²) < 4.78 is 5.77. The zero-order valence-electron chi connectivity index (χ0n) is 11.8. The number of para-hydroxylation sites is 1. The van der Waals surface area contributed by atoms with Crippen molar-refractivity contribution in [3.05, 3.63) is 29.8 Å². The summed E-state index contributed by atoms with van der Waals surface area (Å²) in [6, 6.07) is 8.00. The fraction of sp³-hybridized carbons (Fsp3) is 0.625. The number of aliphatic hydroxyl groups excluding tert-OH is 1. The second-order valence-electron chi connectivity index (χ2n) is 5.49. The molecule has 0 radical (unpaired) electrons. The number of benzene rings is 1. The van der Waals surface area contributed by atoms with Crippen molar-refractivity contribution in [2.75, 3.05) is 13.7 Å². The summed E-state index contributed by atoms with van der Waals surface area (Å²) in [6.45, 7) is 1.19. The Hall–Kier alpha value is -1.06. The molecule has 0 aromatic heterocycles. The summed E-state index contributed by atoms with van der Waals surface area (Å²) in [5.41, 5.74) is 1.14. The van der Waals surface area contributed by atoms with Gasteiger partial charge in [0, 0.05) is 12.1 Å². The molecule has 2 rings (SSSR count). The molecule has 1 aromatic carbocycles. The van der Waals surface area contributed by atoms with Crippen molar-refractivity contribution in [1.82, 2.24) is 5.32 Å². The van der Waals surface area contributed by atoms with Crippen LogP contribution in [-0.4, -0.2) is 24.9 Å². The standard InChI is InChI=1S/C16H25NO2/c1-17-11-14-8-4-5-9-16(14)19-12-15(18)10-13-6-2-3-7-13/h4-5,8-9,13,15,17-18H,2-3,6-7,10-12H2,1H3. The predicted molar refractivity (Wildman–Crippen MR) is 77.3 cm³/mol. The van der Waals surface area contributed by atoms with Gasteiger partial charge in [-0.05, 0) is 25.5 Å². The summed E-state index contributed by atoms with van der Waals surface area (Å²) >= 11 is 0. The van der Waals surface area contributed by atoms with Crippen LogP contribution in [0.2, 0.25) is 0 Å². The highest BCUT2D eigenvalue weighted by Gasteiger charge is 2.19. The third-order valence-corrected chi connectivity index (χ3v) is 3.85. The number of ether oxygens (including phenoxy) is 1. The van der Waals surface area contributed by atoms with E-state index in [0.717, 1.165) is 24.3 Å². The van der Waals surface area contributed by atoms with E-state index in [9.17, 15) is 5.11 Å². The first kappa shape index (κ1) is 14.4. The Morgan fingerprint density at radius 2 is 2.05 bits per heavy atom. The summed E-state index contributed by atoms with van der Waals surface area (Å²) in [5, 5.41) is 13.2. The van der Waals surface area contributed by atoms with Gasteiger partial charge in [-0.1, -0.05) is 43.9 Å². The lowest BCUT2D eigenvalue weighted by Crippen LogP contribution is -2.21. The van der Waals surface area contributed by atoms with Crippen molar-refractivity contribution in [1.29, 1.82) is 0 Å². The van der Waals surface area contributed by atoms with Gasteiger partial charge in [-0.25, -0.2) is 0 Å². The first-order chi connectivity index (χ1) is 9.29. The molecule has 106 valence electrons. The molecule has 0 aliphatic heterocycles. The average molecular weight is 263 g/mol. The first-order valence-electron chi connectivity index (χ1n) is 7.33. The van der Waals surface area contributed by atoms with Gasteiger partial charge in [-0.2, -0.15) is 0 Å². The predicted octanol–water partition coefficient (Wildman–Crippen LogP) is 2.73. The van der Waals surface area contributed by atoms with E-state index in [4.69, 9.17) is 4.74 Å². The van der Waals surface area contributed by atoms with Gasteiger partial charge in [0.05, 0.1) is 6.10 Å². The van der Waals surface area contributed by atoms with E-state index < -0.39 is 0 Å². The maximum Gasteiger partial charge on any atom is 0.123 e. The molecule has 1 aliphatic carbocycles. The lowest BCUT2D eigenvalue weighted by molar-refractivity contribution is 0.0851. The van der Waals surface area contributed by atoms with Crippen LogP contribution in [-0.2, 0) is 6.54 Å². The van der Waals surface area contributed by atoms with Crippen LogP contribution in [0.3, 0.4) is 0 Å². The Bertz CT molecular complexity index is 375. The van der Waals surface area contributed by atoms with Gasteiger partial charge in [-0.3, -0.25) is 0 Å². The van der Waals surface area contributed by atoms with E-state index in [2.05, 4.69) is 11.4 Å². The topological polar surface area (TPSA) is 41.5 Å². The minimum Gasteiger partial charge on any atom is -0.491 e.